The van der Waals surface area contributed by atoms with Crippen LogP contribution in [0.2, 0.25) is 0 Å². The monoisotopic (exact) mass is 536 g/mol. The second kappa shape index (κ2) is 13.6. The normalized spacial score (nSPS) is 31.3. The van der Waals surface area contributed by atoms with Gasteiger partial charge in [-0.1, -0.05) is 18.2 Å². The second-order valence-electron chi connectivity index (χ2n) is 8.97. The van der Waals surface area contributed by atoms with Crippen LogP contribution < -0.4 is 4.57 Å². The highest BCUT2D eigenvalue weighted by atomic mass is 16.8. The van der Waals surface area contributed by atoms with Crippen LogP contribution in [0, 0.1) is 11.8 Å². The van der Waals surface area contributed by atoms with Crippen LogP contribution in [0.5, 0.6) is 0 Å². The molecule has 3 heterocycles. The molecule has 5 N–H and O–H groups in total. The molecule has 0 bridgehead atoms. The summed E-state index contributed by atoms with van der Waals surface area (Å²) < 4.78 is 23.6. The number of aliphatic hydroxyl groups is 4. The SMILES string of the molecule is C=CC1C(OC2OC(CO)C(O)C(O)C2O)OC=C(C(=O)OC)C1C=Cc1ccc[n+](CCCC(=O)O)c1. The predicted octanol–water partition coefficient (Wildman–Crippen LogP) is -0.500. The highest BCUT2D eigenvalue weighted by Crippen LogP contribution is 2.36. The number of carboxylic acid groups (broad SMARTS) is 1. The quantitative estimate of drug-likeness (QED) is 0.140. The van der Waals surface area contributed by atoms with Gasteiger partial charge < -0.3 is 44.5 Å². The Morgan fingerprint density at radius 3 is 2.61 bits per heavy atom. The summed E-state index contributed by atoms with van der Waals surface area (Å²) in [6, 6.07) is 3.66. The molecule has 0 saturated carbocycles. The summed E-state index contributed by atoms with van der Waals surface area (Å²) in [5, 5.41) is 48.8. The molecule has 8 atom stereocenters. The number of carbonyl (C=O) groups excluding carboxylic acids is 1. The van der Waals surface area contributed by atoms with Crippen LogP contribution in [-0.2, 0) is 35.1 Å². The summed E-state index contributed by atoms with van der Waals surface area (Å²) in [6.07, 6.45) is 1.87. The van der Waals surface area contributed by atoms with Gasteiger partial charge in [-0.3, -0.25) is 4.79 Å². The minimum Gasteiger partial charge on any atom is -0.481 e. The van der Waals surface area contributed by atoms with Crippen LogP contribution in [0.25, 0.3) is 6.08 Å². The molecule has 0 amide bonds. The molecule has 1 aromatic rings. The number of aliphatic carboxylic acids is 1. The van der Waals surface area contributed by atoms with Crippen molar-refractivity contribution < 1.29 is 58.6 Å². The highest BCUT2D eigenvalue weighted by molar-refractivity contribution is 5.89. The van der Waals surface area contributed by atoms with E-state index in [1.165, 1.54) is 19.4 Å². The number of hydrogen-bond acceptors (Lipinski definition) is 10. The molecule has 2 aliphatic heterocycles. The summed E-state index contributed by atoms with van der Waals surface area (Å²) >= 11 is 0. The lowest BCUT2D eigenvalue weighted by Crippen LogP contribution is -2.60. The third-order valence-corrected chi connectivity index (χ3v) is 6.41. The molecule has 208 valence electrons. The van der Waals surface area contributed by atoms with Crippen LogP contribution in [0.15, 0.2) is 55.1 Å². The number of pyridine rings is 1. The summed E-state index contributed by atoms with van der Waals surface area (Å²) in [5.41, 5.74) is 0.973. The zero-order chi connectivity index (χ0) is 27.8. The van der Waals surface area contributed by atoms with Crippen molar-refractivity contribution in [2.45, 2.75) is 56.4 Å². The van der Waals surface area contributed by atoms with Crippen molar-refractivity contribution in [1.82, 2.24) is 0 Å². The molecule has 12 heteroatoms. The van der Waals surface area contributed by atoms with E-state index in [4.69, 9.17) is 24.1 Å². The van der Waals surface area contributed by atoms with E-state index in [0.717, 1.165) is 5.56 Å². The first-order valence-corrected chi connectivity index (χ1v) is 12.1. The Morgan fingerprint density at radius 1 is 1.18 bits per heavy atom. The minimum absolute atomic E-state index is 0.0548. The molecule has 8 unspecified atom stereocenters. The first kappa shape index (κ1) is 29.4. The molecule has 1 aromatic heterocycles. The van der Waals surface area contributed by atoms with Gasteiger partial charge in [-0.15, -0.1) is 6.58 Å². The first-order valence-electron chi connectivity index (χ1n) is 12.1. The number of nitrogens with zero attached hydrogens (tertiary/aromatic N) is 1. The Labute approximate surface area is 219 Å². The number of ether oxygens (including phenoxy) is 4. The van der Waals surface area contributed by atoms with Gasteiger partial charge in [0.05, 0.1) is 37.9 Å². The number of hydrogen-bond donors (Lipinski definition) is 5. The van der Waals surface area contributed by atoms with Crippen LogP contribution in [0.4, 0.5) is 0 Å². The number of carbonyl (C=O) groups is 2. The summed E-state index contributed by atoms with van der Waals surface area (Å²) in [6.45, 7) is 3.73. The number of aromatic nitrogens is 1. The Balaban J connectivity index is 1.82. The Bertz CT molecular complexity index is 1040. The van der Waals surface area contributed by atoms with Crippen molar-refractivity contribution in [2.75, 3.05) is 13.7 Å². The zero-order valence-corrected chi connectivity index (χ0v) is 20.9. The van der Waals surface area contributed by atoms with Gasteiger partial charge in [0, 0.05) is 24.0 Å². The fourth-order valence-electron chi connectivity index (χ4n) is 4.32. The number of aryl methyl sites for hydroxylation is 1. The van der Waals surface area contributed by atoms with E-state index < -0.39 is 67.4 Å². The number of allylic oxidation sites excluding steroid dienone is 1. The molecule has 2 aliphatic rings. The molecule has 0 radical (unpaired) electrons. The van der Waals surface area contributed by atoms with Crippen LogP contribution >= 0.6 is 0 Å². The van der Waals surface area contributed by atoms with Crippen LogP contribution in [-0.4, -0.2) is 88.2 Å². The molecule has 0 spiro atoms. The second-order valence-corrected chi connectivity index (χ2v) is 8.97. The maximum atomic E-state index is 12.5. The van der Waals surface area contributed by atoms with Crippen molar-refractivity contribution in [2.24, 2.45) is 11.8 Å². The third kappa shape index (κ3) is 7.04. The molecule has 1 fully saturated rings. The van der Waals surface area contributed by atoms with Gasteiger partial charge in [0.25, 0.3) is 0 Å². The molecule has 38 heavy (non-hydrogen) atoms. The van der Waals surface area contributed by atoms with Crippen molar-refractivity contribution in [3.05, 3.63) is 60.7 Å². The summed E-state index contributed by atoms with van der Waals surface area (Å²) in [5.74, 6) is -2.80. The van der Waals surface area contributed by atoms with Gasteiger partial charge >= 0.3 is 11.9 Å². The van der Waals surface area contributed by atoms with Gasteiger partial charge in [-0.2, -0.15) is 0 Å². The molecule has 12 nitrogen and oxygen atoms in total. The van der Waals surface area contributed by atoms with E-state index in [9.17, 15) is 30.0 Å². The van der Waals surface area contributed by atoms with Crippen molar-refractivity contribution in [3.63, 3.8) is 0 Å². The lowest BCUT2D eigenvalue weighted by atomic mass is 9.83. The Kier molecular flexibility index (Phi) is 10.5. The van der Waals surface area contributed by atoms with Crippen LogP contribution in [0.3, 0.4) is 0 Å². The number of methoxy groups -OCH3 is 1. The minimum atomic E-state index is -1.64. The maximum absolute atomic E-state index is 12.5. The average Bonchev–Trinajstić information content (AvgIpc) is 2.91. The number of carboxylic acids is 1. The number of aliphatic hydroxyl groups excluding tert-OH is 4. The first-order chi connectivity index (χ1) is 18.2. The van der Waals surface area contributed by atoms with Crippen molar-refractivity contribution in [3.8, 4) is 0 Å². The van der Waals surface area contributed by atoms with Crippen LogP contribution in [0.1, 0.15) is 18.4 Å². The Morgan fingerprint density at radius 2 is 1.95 bits per heavy atom. The summed E-state index contributed by atoms with van der Waals surface area (Å²) in [4.78, 5) is 23.3. The molecule has 1 saturated heterocycles. The van der Waals surface area contributed by atoms with E-state index in [0.29, 0.717) is 13.0 Å². The fourth-order valence-corrected chi connectivity index (χ4v) is 4.32. The van der Waals surface area contributed by atoms with Gasteiger partial charge in [0.2, 0.25) is 6.29 Å². The van der Waals surface area contributed by atoms with Gasteiger partial charge in [-0.25, -0.2) is 9.36 Å². The van der Waals surface area contributed by atoms with Crippen molar-refractivity contribution >= 4 is 18.0 Å². The lowest BCUT2D eigenvalue weighted by molar-refractivity contribution is -0.697. The lowest BCUT2D eigenvalue weighted by Gasteiger charge is -2.42. The number of esters is 1. The van der Waals surface area contributed by atoms with Gasteiger partial charge in [0.15, 0.2) is 18.7 Å². The smallest absolute Gasteiger partial charge is 0.337 e. The molecule has 0 aliphatic carbocycles. The van der Waals surface area contributed by atoms with E-state index in [2.05, 4.69) is 6.58 Å². The molecule has 0 aromatic carbocycles. The Hall–Kier alpha value is -3.13. The largest absolute Gasteiger partial charge is 0.481 e. The topological polar surface area (TPSA) is 176 Å². The van der Waals surface area contributed by atoms with E-state index in [1.807, 2.05) is 29.1 Å². The summed E-state index contributed by atoms with van der Waals surface area (Å²) in [7, 11) is 1.24. The average molecular weight is 537 g/mol. The fraction of sp³-hybridized carbons (Fsp3) is 0.500. The third-order valence-electron chi connectivity index (χ3n) is 6.41. The predicted molar refractivity (Wildman–Crippen MR) is 130 cm³/mol. The number of rotatable bonds is 11. The maximum Gasteiger partial charge on any atom is 0.337 e. The standard InChI is InChI=1S/C26H33NO11/c1-3-16-17(9-8-15-6-4-10-27(12-15)11-5-7-20(29)30)18(24(34)35-2)14-36-25(16)38-26-23(33)22(32)21(31)19(13-28)37-26/h3-4,6,8-10,12,14,16-17,19,21-23,25-26,28,31-33H,1,5,7,11,13H2,2H3/p+1. The van der Waals surface area contributed by atoms with E-state index in [1.54, 1.807) is 12.2 Å². The molecular formula is C26H34NO11+. The van der Waals surface area contributed by atoms with Gasteiger partial charge in [0.1, 0.15) is 31.0 Å². The highest BCUT2D eigenvalue weighted by Gasteiger charge is 2.47. The van der Waals surface area contributed by atoms with E-state index >= 15 is 0 Å². The molecular weight excluding hydrogens is 502 g/mol. The van der Waals surface area contributed by atoms with Crippen molar-refractivity contribution in [1.29, 1.82) is 0 Å². The molecule has 3 rings (SSSR count). The van der Waals surface area contributed by atoms with Gasteiger partial charge in [-0.05, 0) is 6.07 Å². The zero-order valence-electron chi connectivity index (χ0n) is 20.9. The van der Waals surface area contributed by atoms with E-state index in [-0.39, 0.29) is 12.0 Å².